The molecular formula is C12H17N3O3. The van der Waals surface area contributed by atoms with Gasteiger partial charge in [-0.2, -0.15) is 0 Å². The third-order valence-electron chi connectivity index (χ3n) is 2.37. The normalized spacial score (nSPS) is 10.0. The van der Waals surface area contributed by atoms with Crippen LogP contribution in [0.15, 0.2) is 18.3 Å². The zero-order valence-electron chi connectivity index (χ0n) is 10.1. The van der Waals surface area contributed by atoms with Crippen LogP contribution in [0.4, 0.5) is 5.69 Å². The van der Waals surface area contributed by atoms with E-state index in [1.165, 1.54) is 6.20 Å². The molecule has 1 rings (SSSR count). The highest BCUT2D eigenvalue weighted by molar-refractivity contribution is 5.92. The smallest absolute Gasteiger partial charge is 0.303 e. The average Bonchev–Trinajstić information content (AvgIpc) is 2.34. The van der Waals surface area contributed by atoms with Crippen molar-refractivity contribution in [2.45, 2.75) is 25.7 Å². The molecule has 0 aliphatic heterocycles. The van der Waals surface area contributed by atoms with Gasteiger partial charge in [-0.05, 0) is 25.0 Å². The number of nitrogen functional groups attached to an aromatic ring is 1. The molecule has 18 heavy (non-hydrogen) atoms. The lowest BCUT2D eigenvalue weighted by molar-refractivity contribution is -0.137. The Morgan fingerprint density at radius 3 is 2.67 bits per heavy atom. The molecule has 1 aromatic heterocycles. The van der Waals surface area contributed by atoms with Crippen LogP contribution < -0.4 is 11.1 Å². The molecule has 4 N–H and O–H groups in total. The Balaban J connectivity index is 2.17. The minimum absolute atomic E-state index is 0.174. The Hall–Kier alpha value is -2.11. The molecule has 0 saturated heterocycles. The number of carboxylic acids is 1. The van der Waals surface area contributed by atoms with Gasteiger partial charge in [0.1, 0.15) is 5.69 Å². The Morgan fingerprint density at radius 2 is 2.06 bits per heavy atom. The van der Waals surface area contributed by atoms with Crippen molar-refractivity contribution < 1.29 is 14.7 Å². The van der Waals surface area contributed by atoms with Crippen molar-refractivity contribution in [2.24, 2.45) is 0 Å². The molecule has 0 radical (unpaired) electrons. The van der Waals surface area contributed by atoms with Crippen LogP contribution >= 0.6 is 0 Å². The van der Waals surface area contributed by atoms with Crippen LogP contribution in [0.3, 0.4) is 0 Å². The van der Waals surface area contributed by atoms with Gasteiger partial charge in [-0.3, -0.25) is 9.59 Å². The van der Waals surface area contributed by atoms with E-state index >= 15 is 0 Å². The maximum atomic E-state index is 11.6. The fourth-order valence-corrected chi connectivity index (χ4v) is 1.41. The largest absolute Gasteiger partial charge is 0.481 e. The van der Waals surface area contributed by atoms with E-state index in [1.807, 2.05) is 0 Å². The molecule has 6 heteroatoms. The molecule has 0 saturated carbocycles. The summed E-state index contributed by atoms with van der Waals surface area (Å²) in [4.78, 5) is 25.8. The summed E-state index contributed by atoms with van der Waals surface area (Å²) in [6.45, 7) is 0.518. The first-order valence-corrected chi connectivity index (χ1v) is 5.81. The predicted octanol–water partition coefficient (Wildman–Crippen LogP) is 1.04. The molecule has 98 valence electrons. The summed E-state index contributed by atoms with van der Waals surface area (Å²) in [6, 6.07) is 3.18. The van der Waals surface area contributed by atoms with Gasteiger partial charge < -0.3 is 16.2 Å². The number of aromatic nitrogens is 1. The predicted molar refractivity (Wildman–Crippen MR) is 67.1 cm³/mol. The van der Waals surface area contributed by atoms with Crippen LogP contribution in [0.5, 0.6) is 0 Å². The number of nitrogens with one attached hydrogen (secondary N) is 1. The molecule has 1 aromatic rings. The summed E-state index contributed by atoms with van der Waals surface area (Å²) in [5.41, 5.74) is 6.31. The number of hydrogen-bond donors (Lipinski definition) is 3. The number of carbonyl (C=O) groups is 2. The van der Waals surface area contributed by atoms with Crippen LogP contribution in [0.25, 0.3) is 0 Å². The number of hydrogen-bond acceptors (Lipinski definition) is 4. The van der Waals surface area contributed by atoms with Crippen molar-refractivity contribution in [3.63, 3.8) is 0 Å². The number of unbranched alkanes of at least 4 members (excludes halogenated alkanes) is 2. The lowest BCUT2D eigenvalue weighted by atomic mass is 10.2. The fraction of sp³-hybridized carbons (Fsp3) is 0.417. The summed E-state index contributed by atoms with van der Waals surface area (Å²) in [5.74, 6) is -1.03. The van der Waals surface area contributed by atoms with Gasteiger partial charge in [0.05, 0.1) is 11.9 Å². The summed E-state index contributed by atoms with van der Waals surface area (Å²) in [5, 5.41) is 11.2. The van der Waals surface area contributed by atoms with E-state index in [0.717, 1.165) is 12.8 Å². The molecule has 6 nitrogen and oxygen atoms in total. The molecule has 0 aromatic carbocycles. The second kappa shape index (κ2) is 7.26. The summed E-state index contributed by atoms with van der Waals surface area (Å²) < 4.78 is 0. The van der Waals surface area contributed by atoms with E-state index in [-0.39, 0.29) is 12.3 Å². The second-order valence-electron chi connectivity index (χ2n) is 3.94. The summed E-state index contributed by atoms with van der Waals surface area (Å²) in [7, 11) is 0. The number of pyridine rings is 1. The molecule has 0 aliphatic carbocycles. The van der Waals surface area contributed by atoms with Crippen LogP contribution in [0.1, 0.15) is 36.2 Å². The minimum atomic E-state index is -0.787. The van der Waals surface area contributed by atoms with Gasteiger partial charge in [0.15, 0.2) is 0 Å². The first kappa shape index (κ1) is 14.0. The summed E-state index contributed by atoms with van der Waals surface area (Å²) in [6.07, 6.45) is 3.77. The Labute approximate surface area is 105 Å². The highest BCUT2D eigenvalue weighted by Gasteiger charge is 2.05. The fourth-order valence-electron chi connectivity index (χ4n) is 1.41. The molecule has 1 heterocycles. The lowest BCUT2D eigenvalue weighted by Gasteiger charge is -2.04. The van der Waals surface area contributed by atoms with Gasteiger partial charge in [0.2, 0.25) is 0 Å². The van der Waals surface area contributed by atoms with Crippen LogP contribution in [0, 0.1) is 0 Å². The molecule has 0 fully saturated rings. The highest BCUT2D eigenvalue weighted by Crippen LogP contribution is 2.02. The van der Waals surface area contributed by atoms with Gasteiger partial charge in [-0.25, -0.2) is 4.98 Å². The first-order chi connectivity index (χ1) is 8.59. The number of rotatable bonds is 7. The maximum absolute atomic E-state index is 11.6. The minimum Gasteiger partial charge on any atom is -0.481 e. The summed E-state index contributed by atoms with van der Waals surface area (Å²) >= 11 is 0. The second-order valence-corrected chi connectivity index (χ2v) is 3.94. The van der Waals surface area contributed by atoms with Crippen LogP contribution in [0.2, 0.25) is 0 Å². The number of amides is 1. The molecular weight excluding hydrogens is 234 g/mol. The standard InChI is InChI=1S/C12H17N3O3/c13-9-5-6-10(15-8-9)12(18)14-7-3-1-2-4-11(16)17/h5-6,8H,1-4,7,13H2,(H,14,18)(H,16,17). The molecule has 0 aliphatic rings. The average molecular weight is 251 g/mol. The molecule has 0 unspecified atom stereocenters. The Kier molecular flexibility index (Phi) is 5.63. The van der Waals surface area contributed by atoms with Crippen molar-refractivity contribution in [1.29, 1.82) is 0 Å². The number of aliphatic carboxylic acids is 1. The lowest BCUT2D eigenvalue weighted by Crippen LogP contribution is -2.25. The number of carboxylic acid groups (broad SMARTS) is 1. The zero-order valence-corrected chi connectivity index (χ0v) is 10.1. The van der Waals surface area contributed by atoms with E-state index < -0.39 is 5.97 Å². The van der Waals surface area contributed by atoms with E-state index in [1.54, 1.807) is 12.1 Å². The van der Waals surface area contributed by atoms with Crippen molar-refractivity contribution in [1.82, 2.24) is 10.3 Å². The highest BCUT2D eigenvalue weighted by atomic mass is 16.4. The topological polar surface area (TPSA) is 105 Å². The van der Waals surface area contributed by atoms with Crippen LogP contribution in [-0.4, -0.2) is 28.5 Å². The SMILES string of the molecule is Nc1ccc(C(=O)NCCCCCC(=O)O)nc1. The van der Waals surface area contributed by atoms with E-state index in [4.69, 9.17) is 10.8 Å². The number of anilines is 1. The van der Waals surface area contributed by atoms with E-state index in [2.05, 4.69) is 10.3 Å². The van der Waals surface area contributed by atoms with E-state index in [9.17, 15) is 9.59 Å². The van der Waals surface area contributed by atoms with Gasteiger partial charge in [-0.1, -0.05) is 6.42 Å². The molecule has 0 atom stereocenters. The van der Waals surface area contributed by atoms with Gasteiger partial charge >= 0.3 is 5.97 Å². The molecule has 1 amide bonds. The Morgan fingerprint density at radius 1 is 1.28 bits per heavy atom. The number of nitrogens with two attached hydrogens (primary N) is 1. The van der Waals surface area contributed by atoms with Crippen molar-refractivity contribution in [3.8, 4) is 0 Å². The number of carbonyl (C=O) groups excluding carboxylic acids is 1. The van der Waals surface area contributed by atoms with Crippen molar-refractivity contribution >= 4 is 17.6 Å². The van der Waals surface area contributed by atoms with Gasteiger partial charge in [-0.15, -0.1) is 0 Å². The van der Waals surface area contributed by atoms with Crippen molar-refractivity contribution in [2.75, 3.05) is 12.3 Å². The molecule has 0 spiro atoms. The Bertz CT molecular complexity index is 404. The first-order valence-electron chi connectivity index (χ1n) is 5.81. The van der Waals surface area contributed by atoms with Crippen LogP contribution in [-0.2, 0) is 4.79 Å². The number of nitrogens with zero attached hydrogens (tertiary/aromatic N) is 1. The maximum Gasteiger partial charge on any atom is 0.303 e. The zero-order chi connectivity index (χ0) is 13.4. The molecule has 0 bridgehead atoms. The van der Waals surface area contributed by atoms with E-state index in [0.29, 0.717) is 24.3 Å². The van der Waals surface area contributed by atoms with Gasteiger partial charge in [0.25, 0.3) is 5.91 Å². The van der Waals surface area contributed by atoms with Crippen molar-refractivity contribution in [3.05, 3.63) is 24.0 Å². The van der Waals surface area contributed by atoms with Gasteiger partial charge in [0, 0.05) is 13.0 Å². The monoisotopic (exact) mass is 251 g/mol. The third kappa shape index (κ3) is 5.29. The third-order valence-corrected chi connectivity index (χ3v) is 2.37. The quantitative estimate of drug-likeness (QED) is 0.628.